The van der Waals surface area contributed by atoms with Gasteiger partial charge in [0.05, 0.1) is 16.8 Å². The summed E-state index contributed by atoms with van der Waals surface area (Å²) in [5.41, 5.74) is 3.42. The number of aromatic nitrogens is 2. The molecule has 1 fully saturated rings. The van der Waals surface area contributed by atoms with Crippen molar-refractivity contribution in [1.29, 1.82) is 0 Å². The summed E-state index contributed by atoms with van der Waals surface area (Å²) in [6.45, 7) is 3.95. The molecule has 1 saturated heterocycles. The number of fused-ring (bicyclic) bond motifs is 1. The summed E-state index contributed by atoms with van der Waals surface area (Å²) in [4.78, 5) is 24.4. The van der Waals surface area contributed by atoms with E-state index in [0.29, 0.717) is 0 Å². The van der Waals surface area contributed by atoms with Gasteiger partial charge in [0.25, 0.3) is 5.91 Å². The van der Waals surface area contributed by atoms with Gasteiger partial charge in [0.2, 0.25) is 0 Å². The number of hydrogen-bond acceptors (Lipinski definition) is 3. The molecule has 3 aromatic rings. The third-order valence-electron chi connectivity index (χ3n) is 5.75. The van der Waals surface area contributed by atoms with Gasteiger partial charge < -0.3 is 4.90 Å². The van der Waals surface area contributed by atoms with Gasteiger partial charge in [-0.2, -0.15) is 0 Å². The summed E-state index contributed by atoms with van der Waals surface area (Å²) in [6.07, 6.45) is 9.45. The quantitative estimate of drug-likeness (QED) is 0.620. The van der Waals surface area contributed by atoms with Gasteiger partial charge in [0.15, 0.2) is 0 Å². The van der Waals surface area contributed by atoms with E-state index in [1.807, 2.05) is 47.4 Å². The molecule has 1 aliphatic rings. The van der Waals surface area contributed by atoms with Crippen LogP contribution < -0.4 is 0 Å². The van der Waals surface area contributed by atoms with Crippen LogP contribution in [0, 0.1) is 5.92 Å². The molecule has 4 heteroatoms. The fourth-order valence-electron chi connectivity index (χ4n) is 4.26. The van der Waals surface area contributed by atoms with Crippen LogP contribution in [0.5, 0.6) is 0 Å². The monoisotopic (exact) mass is 373 g/mol. The van der Waals surface area contributed by atoms with Gasteiger partial charge in [0, 0.05) is 36.4 Å². The molecule has 4 rings (SSSR count). The number of benzene rings is 1. The molecule has 1 amide bonds. The highest BCUT2D eigenvalue weighted by molar-refractivity contribution is 6.07. The Bertz CT molecular complexity index is 954. The number of likely N-dealkylation sites (tertiary alicyclic amines) is 1. The Balaban J connectivity index is 1.70. The number of para-hydroxylation sites is 1. The van der Waals surface area contributed by atoms with E-state index in [1.165, 1.54) is 19.3 Å². The normalized spacial score (nSPS) is 17.5. The molecule has 4 nitrogen and oxygen atoms in total. The Morgan fingerprint density at radius 3 is 2.75 bits per heavy atom. The number of rotatable bonds is 4. The zero-order valence-electron chi connectivity index (χ0n) is 16.5. The molecule has 0 spiro atoms. The second-order valence-electron chi connectivity index (χ2n) is 7.69. The number of hydrogen-bond donors (Lipinski definition) is 0. The summed E-state index contributed by atoms with van der Waals surface area (Å²) in [5.74, 6) is 0.885. The first-order chi connectivity index (χ1) is 13.8. The Morgan fingerprint density at radius 1 is 1.11 bits per heavy atom. The van der Waals surface area contributed by atoms with Gasteiger partial charge in [-0.15, -0.1) is 0 Å². The molecule has 0 aliphatic carbocycles. The molecule has 0 saturated carbocycles. The van der Waals surface area contributed by atoms with Crippen molar-refractivity contribution in [2.45, 2.75) is 39.0 Å². The lowest BCUT2D eigenvalue weighted by atomic mass is 9.96. The van der Waals surface area contributed by atoms with E-state index in [0.717, 1.165) is 59.6 Å². The topological polar surface area (TPSA) is 46.1 Å². The van der Waals surface area contributed by atoms with Crippen molar-refractivity contribution in [2.24, 2.45) is 5.92 Å². The molecule has 2 aromatic heterocycles. The van der Waals surface area contributed by atoms with Crippen LogP contribution in [0.1, 0.15) is 49.4 Å². The Kier molecular flexibility index (Phi) is 5.65. The molecule has 3 heterocycles. The first-order valence-electron chi connectivity index (χ1n) is 10.4. The molecular formula is C24H27N3O. The molecule has 0 unspecified atom stereocenters. The highest BCUT2D eigenvalue weighted by atomic mass is 16.2. The van der Waals surface area contributed by atoms with Gasteiger partial charge in [-0.05, 0) is 49.4 Å². The van der Waals surface area contributed by atoms with Crippen LogP contribution in [0.15, 0.2) is 54.9 Å². The van der Waals surface area contributed by atoms with Crippen molar-refractivity contribution < 1.29 is 4.79 Å². The van der Waals surface area contributed by atoms with Crippen LogP contribution in [-0.4, -0.2) is 33.9 Å². The zero-order chi connectivity index (χ0) is 19.3. The van der Waals surface area contributed by atoms with Crippen LogP contribution >= 0.6 is 0 Å². The minimum Gasteiger partial charge on any atom is -0.339 e. The van der Waals surface area contributed by atoms with Gasteiger partial charge in [-0.25, -0.2) is 4.98 Å². The lowest BCUT2D eigenvalue weighted by molar-refractivity contribution is 0.0762. The fraction of sp³-hybridized carbons (Fsp3) is 0.375. The molecule has 1 aliphatic heterocycles. The van der Waals surface area contributed by atoms with E-state index in [9.17, 15) is 4.79 Å². The maximum atomic E-state index is 13.5. The van der Waals surface area contributed by atoms with Crippen LogP contribution in [-0.2, 0) is 0 Å². The van der Waals surface area contributed by atoms with Gasteiger partial charge in [-0.3, -0.25) is 9.78 Å². The largest absolute Gasteiger partial charge is 0.339 e. The highest BCUT2D eigenvalue weighted by Gasteiger charge is 2.23. The second-order valence-corrected chi connectivity index (χ2v) is 7.69. The average molecular weight is 374 g/mol. The molecular weight excluding hydrogens is 346 g/mol. The standard InChI is InChI=1S/C24H27N3O/c1-2-6-18-7-5-15-27(16-12-18)24(28)21-17-23(19-10-13-25-14-11-19)26-22-9-4-3-8-20(21)22/h3-4,8-11,13-14,17-18H,2,5-7,12,15-16H2,1H3/t18-/m0/s1. The van der Waals surface area contributed by atoms with E-state index in [-0.39, 0.29) is 5.91 Å². The summed E-state index contributed by atoms with van der Waals surface area (Å²) < 4.78 is 0. The predicted octanol–water partition coefficient (Wildman–Crippen LogP) is 5.34. The summed E-state index contributed by atoms with van der Waals surface area (Å²) >= 11 is 0. The van der Waals surface area contributed by atoms with Crippen LogP contribution in [0.3, 0.4) is 0 Å². The molecule has 1 atom stereocenters. The maximum absolute atomic E-state index is 13.5. The summed E-state index contributed by atoms with van der Waals surface area (Å²) in [6, 6.07) is 13.8. The molecule has 0 N–H and O–H groups in total. The van der Waals surface area contributed by atoms with E-state index in [2.05, 4.69) is 11.9 Å². The number of pyridine rings is 2. The van der Waals surface area contributed by atoms with E-state index in [4.69, 9.17) is 4.98 Å². The molecule has 0 radical (unpaired) electrons. The lowest BCUT2D eigenvalue weighted by Gasteiger charge is -2.22. The van der Waals surface area contributed by atoms with Crippen molar-refractivity contribution >= 4 is 16.8 Å². The van der Waals surface area contributed by atoms with Crippen molar-refractivity contribution in [3.8, 4) is 11.3 Å². The fourth-order valence-corrected chi connectivity index (χ4v) is 4.26. The maximum Gasteiger partial charge on any atom is 0.254 e. The zero-order valence-corrected chi connectivity index (χ0v) is 16.5. The van der Waals surface area contributed by atoms with E-state index < -0.39 is 0 Å². The minimum absolute atomic E-state index is 0.131. The van der Waals surface area contributed by atoms with Crippen LogP contribution in [0.4, 0.5) is 0 Å². The third-order valence-corrected chi connectivity index (χ3v) is 5.75. The van der Waals surface area contributed by atoms with Crippen molar-refractivity contribution in [3.63, 3.8) is 0 Å². The summed E-state index contributed by atoms with van der Waals surface area (Å²) in [5, 5.41) is 0.930. The van der Waals surface area contributed by atoms with Crippen molar-refractivity contribution in [1.82, 2.24) is 14.9 Å². The SMILES string of the molecule is CCC[C@H]1CCCN(C(=O)c2cc(-c3ccncc3)nc3ccccc23)CC1. The number of nitrogens with zero attached hydrogens (tertiary/aromatic N) is 3. The van der Waals surface area contributed by atoms with E-state index >= 15 is 0 Å². The molecule has 144 valence electrons. The predicted molar refractivity (Wildman–Crippen MR) is 113 cm³/mol. The number of amides is 1. The van der Waals surface area contributed by atoms with Gasteiger partial charge >= 0.3 is 0 Å². The molecule has 0 bridgehead atoms. The second kappa shape index (κ2) is 8.51. The Hall–Kier alpha value is -2.75. The Morgan fingerprint density at radius 2 is 1.93 bits per heavy atom. The smallest absolute Gasteiger partial charge is 0.254 e. The third kappa shape index (κ3) is 3.91. The lowest BCUT2D eigenvalue weighted by Crippen LogP contribution is -2.32. The first-order valence-corrected chi connectivity index (χ1v) is 10.4. The van der Waals surface area contributed by atoms with Crippen molar-refractivity contribution in [2.75, 3.05) is 13.1 Å². The number of carbonyl (C=O) groups excluding carboxylic acids is 1. The van der Waals surface area contributed by atoms with E-state index in [1.54, 1.807) is 12.4 Å². The van der Waals surface area contributed by atoms with Gasteiger partial charge in [0.1, 0.15) is 0 Å². The minimum atomic E-state index is 0.131. The van der Waals surface area contributed by atoms with Crippen molar-refractivity contribution in [3.05, 3.63) is 60.4 Å². The van der Waals surface area contributed by atoms with Gasteiger partial charge in [-0.1, -0.05) is 38.0 Å². The average Bonchev–Trinajstić information content (AvgIpc) is 2.99. The molecule has 1 aromatic carbocycles. The highest BCUT2D eigenvalue weighted by Crippen LogP contribution is 2.27. The first kappa shape index (κ1) is 18.6. The van der Waals surface area contributed by atoms with Crippen LogP contribution in [0.25, 0.3) is 22.2 Å². The Labute approximate surface area is 166 Å². The number of carbonyl (C=O) groups is 1. The molecule has 28 heavy (non-hydrogen) atoms. The van der Waals surface area contributed by atoms with Crippen LogP contribution in [0.2, 0.25) is 0 Å². The summed E-state index contributed by atoms with van der Waals surface area (Å²) in [7, 11) is 0.